The molecule has 1 aliphatic rings. The number of nitrogens with zero attached hydrogens (tertiary/aromatic N) is 1. The highest BCUT2D eigenvalue weighted by Gasteiger charge is 2.20. The van der Waals surface area contributed by atoms with E-state index in [0.29, 0.717) is 5.56 Å². The van der Waals surface area contributed by atoms with Gasteiger partial charge < -0.3 is 0 Å². The van der Waals surface area contributed by atoms with Gasteiger partial charge >= 0.3 is 0 Å². The van der Waals surface area contributed by atoms with Gasteiger partial charge in [0.25, 0.3) is 0 Å². The fourth-order valence-electron chi connectivity index (χ4n) is 4.07. The maximum absolute atomic E-state index is 13.9. The van der Waals surface area contributed by atoms with Crippen LogP contribution in [0.2, 0.25) is 5.15 Å². The number of hydrogen-bond donors (Lipinski definition) is 0. The second-order valence-corrected chi connectivity index (χ2v) is 7.77. The Morgan fingerprint density at radius 2 is 1.60 bits per heavy atom. The van der Waals surface area contributed by atoms with Crippen molar-refractivity contribution in [2.24, 2.45) is 11.8 Å². The highest BCUT2D eigenvalue weighted by atomic mass is 35.5. The summed E-state index contributed by atoms with van der Waals surface area (Å²) in [5, 5.41) is 0.187. The molecule has 0 radical (unpaired) electrons. The van der Waals surface area contributed by atoms with Crippen molar-refractivity contribution < 1.29 is 4.39 Å². The lowest BCUT2D eigenvalue weighted by Gasteiger charge is -2.28. The summed E-state index contributed by atoms with van der Waals surface area (Å²) >= 11 is 5.72. The summed E-state index contributed by atoms with van der Waals surface area (Å²) in [6, 6.07) is 11.5. The molecule has 0 spiro atoms. The minimum atomic E-state index is -0.510. The first-order valence-electron chi connectivity index (χ1n) is 9.57. The Labute approximate surface area is 155 Å². The van der Waals surface area contributed by atoms with E-state index in [1.54, 1.807) is 12.1 Å². The van der Waals surface area contributed by atoms with Crippen LogP contribution in [0.4, 0.5) is 4.39 Å². The number of halogens is 2. The van der Waals surface area contributed by atoms with Gasteiger partial charge in [-0.15, -0.1) is 0 Å². The van der Waals surface area contributed by atoms with Crippen LogP contribution in [0.25, 0.3) is 11.1 Å². The van der Waals surface area contributed by atoms with Gasteiger partial charge in [0.2, 0.25) is 5.95 Å². The second-order valence-electron chi connectivity index (χ2n) is 7.38. The van der Waals surface area contributed by atoms with Gasteiger partial charge in [0, 0.05) is 5.56 Å². The van der Waals surface area contributed by atoms with E-state index in [1.807, 2.05) is 12.1 Å². The third-order valence-corrected chi connectivity index (χ3v) is 5.79. The zero-order chi connectivity index (χ0) is 17.6. The van der Waals surface area contributed by atoms with E-state index in [0.717, 1.165) is 23.8 Å². The molecule has 1 heterocycles. The summed E-state index contributed by atoms with van der Waals surface area (Å²) in [5.74, 6) is 1.35. The smallest absolute Gasteiger partial charge is 0.207 e. The second kappa shape index (κ2) is 8.80. The zero-order valence-corrected chi connectivity index (χ0v) is 15.7. The minimum absolute atomic E-state index is 0.187. The van der Waals surface area contributed by atoms with Crippen LogP contribution in [0, 0.1) is 17.8 Å². The first kappa shape index (κ1) is 18.4. The number of aryl methyl sites for hydroxylation is 1. The summed E-state index contributed by atoms with van der Waals surface area (Å²) in [7, 11) is 0. The monoisotopic (exact) mass is 359 g/mol. The van der Waals surface area contributed by atoms with Crippen LogP contribution in [-0.2, 0) is 6.42 Å². The van der Waals surface area contributed by atoms with E-state index >= 15 is 0 Å². The van der Waals surface area contributed by atoms with Crippen LogP contribution in [-0.4, -0.2) is 4.98 Å². The lowest BCUT2D eigenvalue weighted by atomic mass is 9.78. The molecule has 1 aromatic heterocycles. The SMILES string of the molecule is CCCC1CCC(CCc2ccc(-c3ccc(Cl)nc3F)cc2)CC1. The lowest BCUT2D eigenvalue weighted by Crippen LogP contribution is -2.15. The quantitative estimate of drug-likeness (QED) is 0.502. The molecule has 25 heavy (non-hydrogen) atoms. The standard InChI is InChI=1S/C22H27ClFN/c1-2-3-16-4-6-17(7-5-16)8-9-18-10-12-19(13-11-18)20-14-15-21(23)25-22(20)24/h10-17H,2-9H2,1H3. The molecule has 0 unspecified atom stereocenters. The lowest BCUT2D eigenvalue weighted by molar-refractivity contribution is 0.252. The van der Waals surface area contributed by atoms with Crippen molar-refractivity contribution in [3.8, 4) is 11.1 Å². The van der Waals surface area contributed by atoms with Crippen molar-refractivity contribution in [3.63, 3.8) is 0 Å². The van der Waals surface area contributed by atoms with E-state index < -0.39 is 5.95 Å². The van der Waals surface area contributed by atoms with Crippen molar-refractivity contribution in [2.45, 2.75) is 58.3 Å². The van der Waals surface area contributed by atoms with Gasteiger partial charge in [-0.2, -0.15) is 4.39 Å². The fraction of sp³-hybridized carbons (Fsp3) is 0.500. The van der Waals surface area contributed by atoms with Crippen molar-refractivity contribution in [2.75, 3.05) is 0 Å². The Balaban J connectivity index is 1.53. The fourth-order valence-corrected chi connectivity index (χ4v) is 4.20. The number of hydrogen-bond acceptors (Lipinski definition) is 1. The Morgan fingerprint density at radius 3 is 2.20 bits per heavy atom. The van der Waals surface area contributed by atoms with E-state index in [-0.39, 0.29) is 5.15 Å². The predicted octanol–water partition coefficient (Wildman–Crippen LogP) is 7.08. The molecule has 0 bridgehead atoms. The summed E-state index contributed by atoms with van der Waals surface area (Å²) in [6.07, 6.45) is 10.7. The average molecular weight is 360 g/mol. The molecule has 134 valence electrons. The van der Waals surface area contributed by atoms with E-state index in [2.05, 4.69) is 24.0 Å². The van der Waals surface area contributed by atoms with Crippen molar-refractivity contribution in [1.29, 1.82) is 0 Å². The topological polar surface area (TPSA) is 12.9 Å². The largest absolute Gasteiger partial charge is 0.222 e. The molecule has 0 amide bonds. The summed E-state index contributed by atoms with van der Waals surface area (Å²) in [6.45, 7) is 2.29. The van der Waals surface area contributed by atoms with Crippen LogP contribution in [0.1, 0.15) is 57.4 Å². The van der Waals surface area contributed by atoms with Crippen LogP contribution in [0.3, 0.4) is 0 Å². The minimum Gasteiger partial charge on any atom is -0.207 e. The van der Waals surface area contributed by atoms with Gasteiger partial charge in [-0.1, -0.05) is 81.3 Å². The van der Waals surface area contributed by atoms with E-state index in [9.17, 15) is 4.39 Å². The maximum atomic E-state index is 13.9. The first-order valence-corrected chi connectivity index (χ1v) is 9.95. The summed E-state index contributed by atoms with van der Waals surface area (Å²) < 4.78 is 13.9. The molecule has 0 aliphatic heterocycles. The highest BCUT2D eigenvalue weighted by Crippen LogP contribution is 2.34. The molecule has 1 fully saturated rings. The molecular weight excluding hydrogens is 333 g/mol. The van der Waals surface area contributed by atoms with Crippen molar-refractivity contribution in [3.05, 3.63) is 53.1 Å². The molecule has 3 rings (SSSR count). The third kappa shape index (κ3) is 5.04. The van der Waals surface area contributed by atoms with Gasteiger partial charge in [-0.05, 0) is 47.9 Å². The van der Waals surface area contributed by atoms with Gasteiger partial charge in [0.05, 0.1) is 0 Å². The molecule has 0 N–H and O–H groups in total. The Kier molecular flexibility index (Phi) is 6.47. The third-order valence-electron chi connectivity index (χ3n) is 5.58. The number of pyridine rings is 1. The number of aromatic nitrogens is 1. The zero-order valence-electron chi connectivity index (χ0n) is 15.0. The van der Waals surface area contributed by atoms with Crippen LogP contribution < -0.4 is 0 Å². The van der Waals surface area contributed by atoms with E-state index in [4.69, 9.17) is 11.6 Å². The average Bonchev–Trinajstić information content (AvgIpc) is 2.62. The molecule has 0 saturated heterocycles. The van der Waals surface area contributed by atoms with E-state index in [1.165, 1.54) is 50.5 Å². The molecule has 3 heteroatoms. The van der Waals surface area contributed by atoms with Crippen molar-refractivity contribution in [1.82, 2.24) is 4.98 Å². The molecule has 2 aromatic rings. The van der Waals surface area contributed by atoms with Crippen molar-refractivity contribution >= 4 is 11.6 Å². The maximum Gasteiger partial charge on any atom is 0.222 e. The molecule has 1 aromatic carbocycles. The highest BCUT2D eigenvalue weighted by molar-refractivity contribution is 6.29. The summed E-state index contributed by atoms with van der Waals surface area (Å²) in [5.41, 5.74) is 2.69. The van der Waals surface area contributed by atoms with Gasteiger partial charge in [-0.3, -0.25) is 0 Å². The molecular formula is C22H27ClFN. The summed E-state index contributed by atoms with van der Waals surface area (Å²) in [4.78, 5) is 3.69. The molecule has 0 atom stereocenters. The first-order chi connectivity index (χ1) is 12.2. The number of rotatable bonds is 6. The van der Waals surface area contributed by atoms with Crippen LogP contribution in [0.15, 0.2) is 36.4 Å². The van der Waals surface area contributed by atoms with Crippen LogP contribution in [0.5, 0.6) is 0 Å². The number of benzene rings is 1. The predicted molar refractivity (Wildman–Crippen MR) is 103 cm³/mol. The van der Waals surface area contributed by atoms with Gasteiger partial charge in [0.15, 0.2) is 0 Å². The van der Waals surface area contributed by atoms with Crippen LogP contribution >= 0.6 is 11.6 Å². The Bertz CT molecular complexity index is 675. The Hall–Kier alpha value is -1.41. The van der Waals surface area contributed by atoms with Gasteiger partial charge in [-0.25, -0.2) is 4.98 Å². The van der Waals surface area contributed by atoms with Gasteiger partial charge in [0.1, 0.15) is 5.15 Å². The molecule has 1 aliphatic carbocycles. The Morgan fingerprint density at radius 1 is 0.960 bits per heavy atom. The normalized spacial score (nSPS) is 20.6. The molecule has 1 saturated carbocycles. The molecule has 1 nitrogen and oxygen atoms in total.